The van der Waals surface area contributed by atoms with Gasteiger partial charge >= 0.3 is 17.9 Å². The molecule has 2 aliphatic heterocycles. The number of ether oxygens (including phenoxy) is 3. The number of esters is 2. The molecule has 2 aliphatic rings. The van der Waals surface area contributed by atoms with E-state index in [1.54, 1.807) is 24.3 Å². The van der Waals surface area contributed by atoms with Crippen molar-refractivity contribution in [1.82, 2.24) is 0 Å². The van der Waals surface area contributed by atoms with Gasteiger partial charge in [-0.15, -0.1) is 0 Å². The smallest absolute Gasteiger partial charge is 0.340 e. The third kappa shape index (κ3) is 3.26. The number of hydrogen-bond donors (Lipinski definition) is 1. The van der Waals surface area contributed by atoms with Gasteiger partial charge in [-0.2, -0.15) is 0 Å². The molecule has 2 heterocycles. The number of aromatic carboxylic acids is 1. The summed E-state index contributed by atoms with van der Waals surface area (Å²) in [6.45, 7) is 1.34. The molecule has 0 aromatic heterocycles. The van der Waals surface area contributed by atoms with Crippen LogP contribution in [0.3, 0.4) is 0 Å². The van der Waals surface area contributed by atoms with E-state index in [0.717, 1.165) is 16.5 Å². The van der Waals surface area contributed by atoms with Gasteiger partial charge in [0.05, 0.1) is 11.1 Å². The lowest BCUT2D eigenvalue weighted by atomic mass is 9.76. The molecule has 1 unspecified atom stereocenters. The van der Waals surface area contributed by atoms with Crippen LogP contribution >= 0.6 is 0 Å². The number of carbonyl (C=O) groups is 3. The average Bonchev–Trinajstić information content (AvgIpc) is 3.15. The second kappa shape index (κ2) is 7.83. The molecular weight excluding hydrogens is 474 g/mol. The SMILES string of the molecule is CC(=O)Oc1ccc2c3c(ccc2c1)C1(OC(=O)c2cc(C(=O)O)ccc21)c1ccc(N(C)C)cc1O3. The third-order valence-corrected chi connectivity index (χ3v) is 6.77. The van der Waals surface area contributed by atoms with E-state index in [1.807, 2.05) is 49.3 Å². The zero-order valence-electron chi connectivity index (χ0n) is 20.2. The van der Waals surface area contributed by atoms with Gasteiger partial charge in [-0.3, -0.25) is 4.79 Å². The Labute approximate surface area is 211 Å². The van der Waals surface area contributed by atoms with E-state index >= 15 is 0 Å². The van der Waals surface area contributed by atoms with E-state index in [2.05, 4.69) is 0 Å². The summed E-state index contributed by atoms with van der Waals surface area (Å²) in [6.07, 6.45) is 0. The molecule has 1 atom stereocenters. The normalized spacial score (nSPS) is 16.9. The Kier molecular flexibility index (Phi) is 4.78. The lowest BCUT2D eigenvalue weighted by Gasteiger charge is -2.37. The van der Waals surface area contributed by atoms with E-state index in [0.29, 0.717) is 33.9 Å². The predicted molar refractivity (Wildman–Crippen MR) is 135 cm³/mol. The van der Waals surface area contributed by atoms with Crippen molar-refractivity contribution >= 4 is 34.4 Å². The van der Waals surface area contributed by atoms with Crippen LogP contribution in [0.4, 0.5) is 5.69 Å². The number of rotatable bonds is 3. The topological polar surface area (TPSA) is 102 Å². The Morgan fingerprint density at radius 3 is 2.41 bits per heavy atom. The number of nitrogens with zero attached hydrogens (tertiary/aromatic N) is 1. The fourth-order valence-corrected chi connectivity index (χ4v) is 5.12. The predicted octanol–water partition coefficient (Wildman–Crippen LogP) is 5.10. The molecule has 8 nitrogen and oxygen atoms in total. The summed E-state index contributed by atoms with van der Waals surface area (Å²) in [5.74, 6) is -0.752. The van der Waals surface area contributed by atoms with Gasteiger partial charge in [0.25, 0.3) is 0 Å². The Morgan fingerprint density at radius 1 is 0.919 bits per heavy atom. The van der Waals surface area contributed by atoms with Crippen molar-refractivity contribution in [3.8, 4) is 17.2 Å². The first-order valence-corrected chi connectivity index (χ1v) is 11.6. The van der Waals surface area contributed by atoms with Crippen LogP contribution in [0.5, 0.6) is 17.2 Å². The highest BCUT2D eigenvalue weighted by molar-refractivity contribution is 6.01. The van der Waals surface area contributed by atoms with Crippen LogP contribution in [0.2, 0.25) is 0 Å². The molecule has 8 heteroatoms. The molecule has 184 valence electrons. The maximum absolute atomic E-state index is 13.2. The van der Waals surface area contributed by atoms with Crippen molar-refractivity contribution in [2.24, 2.45) is 0 Å². The van der Waals surface area contributed by atoms with Crippen molar-refractivity contribution in [3.05, 3.63) is 94.5 Å². The second-order valence-corrected chi connectivity index (χ2v) is 9.23. The van der Waals surface area contributed by atoms with Crippen molar-refractivity contribution in [2.45, 2.75) is 12.5 Å². The van der Waals surface area contributed by atoms with Gasteiger partial charge in [0.15, 0.2) is 5.60 Å². The Hall–Kier alpha value is -4.85. The van der Waals surface area contributed by atoms with Crippen molar-refractivity contribution in [3.63, 3.8) is 0 Å². The molecule has 1 spiro atoms. The van der Waals surface area contributed by atoms with E-state index in [1.165, 1.54) is 19.1 Å². The first-order valence-electron chi connectivity index (χ1n) is 11.6. The summed E-state index contributed by atoms with van der Waals surface area (Å²) < 4.78 is 17.9. The van der Waals surface area contributed by atoms with Gasteiger partial charge < -0.3 is 24.2 Å². The summed E-state index contributed by atoms with van der Waals surface area (Å²) in [6, 6.07) is 19.0. The first kappa shape index (κ1) is 22.6. The van der Waals surface area contributed by atoms with Crippen LogP contribution in [-0.2, 0) is 15.1 Å². The summed E-state index contributed by atoms with van der Waals surface area (Å²) in [4.78, 5) is 38.2. The number of carbonyl (C=O) groups excluding carboxylic acids is 2. The van der Waals surface area contributed by atoms with E-state index < -0.39 is 23.5 Å². The van der Waals surface area contributed by atoms with Crippen molar-refractivity contribution in [1.29, 1.82) is 0 Å². The monoisotopic (exact) mass is 495 g/mol. The minimum atomic E-state index is -1.33. The minimum absolute atomic E-state index is 0.000255. The van der Waals surface area contributed by atoms with Gasteiger partial charge in [-0.25, -0.2) is 9.59 Å². The minimum Gasteiger partial charge on any atom is -0.478 e. The summed E-state index contributed by atoms with van der Waals surface area (Å²) in [5.41, 5.74) is 1.54. The molecule has 1 N–H and O–H groups in total. The lowest BCUT2D eigenvalue weighted by molar-refractivity contribution is -0.131. The highest BCUT2D eigenvalue weighted by atomic mass is 16.6. The number of anilines is 1. The van der Waals surface area contributed by atoms with Crippen molar-refractivity contribution < 1.29 is 33.7 Å². The molecule has 0 saturated heterocycles. The molecule has 0 bridgehead atoms. The van der Waals surface area contributed by atoms with Crippen molar-refractivity contribution in [2.75, 3.05) is 19.0 Å². The van der Waals surface area contributed by atoms with Gasteiger partial charge in [-0.05, 0) is 53.9 Å². The number of hydrogen-bond acceptors (Lipinski definition) is 7. The molecule has 6 rings (SSSR count). The number of carboxylic acid groups (broad SMARTS) is 1. The lowest BCUT2D eigenvalue weighted by Crippen LogP contribution is -2.33. The van der Waals surface area contributed by atoms with E-state index in [9.17, 15) is 19.5 Å². The molecule has 0 amide bonds. The van der Waals surface area contributed by atoms with E-state index in [4.69, 9.17) is 14.2 Å². The van der Waals surface area contributed by atoms with Crippen LogP contribution < -0.4 is 14.4 Å². The second-order valence-electron chi connectivity index (χ2n) is 9.23. The van der Waals surface area contributed by atoms with Crippen LogP contribution in [0.1, 0.15) is 44.3 Å². The Bertz CT molecular complexity index is 1670. The van der Waals surface area contributed by atoms with Gasteiger partial charge in [-0.1, -0.05) is 12.1 Å². The molecular formula is C29H21NO7. The molecule has 37 heavy (non-hydrogen) atoms. The van der Waals surface area contributed by atoms with E-state index in [-0.39, 0.29) is 11.1 Å². The fourth-order valence-electron chi connectivity index (χ4n) is 5.12. The molecule has 0 saturated carbocycles. The molecule has 4 aromatic rings. The number of fused-ring (bicyclic) bond motifs is 8. The molecule has 4 aromatic carbocycles. The number of benzene rings is 4. The van der Waals surface area contributed by atoms with Gasteiger partial charge in [0, 0.05) is 54.8 Å². The summed E-state index contributed by atoms with van der Waals surface area (Å²) >= 11 is 0. The highest BCUT2D eigenvalue weighted by Crippen LogP contribution is 2.58. The molecule has 0 fully saturated rings. The van der Waals surface area contributed by atoms with Crippen LogP contribution in [0, 0.1) is 0 Å². The molecule has 0 radical (unpaired) electrons. The summed E-state index contributed by atoms with van der Waals surface area (Å²) in [5, 5.41) is 11.0. The zero-order chi connectivity index (χ0) is 26.1. The highest BCUT2D eigenvalue weighted by Gasteiger charge is 2.54. The quantitative estimate of drug-likeness (QED) is 0.310. The third-order valence-electron chi connectivity index (χ3n) is 6.77. The Balaban J connectivity index is 1.65. The maximum Gasteiger partial charge on any atom is 0.340 e. The largest absolute Gasteiger partial charge is 0.478 e. The first-order chi connectivity index (χ1) is 17.7. The van der Waals surface area contributed by atoms with Crippen LogP contribution in [0.25, 0.3) is 10.8 Å². The zero-order valence-corrected chi connectivity index (χ0v) is 20.2. The maximum atomic E-state index is 13.2. The average molecular weight is 495 g/mol. The fraction of sp³-hybridized carbons (Fsp3) is 0.138. The standard InChI is InChI=1S/C29H21NO7/c1-15(31)35-19-7-8-20-16(12-19)4-10-24-26(20)36-25-14-18(30(2)3)6-11-23(25)29(24)22-9-5-17(27(32)33)13-21(22)28(34)37-29/h4-14H,1-3H3,(H,32,33). The molecule has 0 aliphatic carbocycles. The summed E-state index contributed by atoms with van der Waals surface area (Å²) in [7, 11) is 3.83. The van der Waals surface area contributed by atoms with Crippen LogP contribution in [-0.4, -0.2) is 37.1 Å². The van der Waals surface area contributed by atoms with Gasteiger partial charge in [0.1, 0.15) is 17.2 Å². The number of carboxylic acids is 1. The van der Waals surface area contributed by atoms with Crippen LogP contribution in [0.15, 0.2) is 66.7 Å². The Morgan fingerprint density at radius 2 is 1.68 bits per heavy atom. The van der Waals surface area contributed by atoms with Gasteiger partial charge in [0.2, 0.25) is 0 Å².